The molecule has 0 aliphatic heterocycles. The highest BCUT2D eigenvalue weighted by molar-refractivity contribution is 7.80. The molecule has 0 bridgehead atoms. The summed E-state index contributed by atoms with van der Waals surface area (Å²) in [5.41, 5.74) is 1.81. The van der Waals surface area contributed by atoms with Gasteiger partial charge < -0.3 is 16.0 Å². The van der Waals surface area contributed by atoms with Crippen LogP contribution in [-0.4, -0.2) is 16.9 Å². The number of anilines is 2. The van der Waals surface area contributed by atoms with E-state index < -0.39 is 0 Å². The maximum Gasteiger partial charge on any atom is 0.255 e. The van der Waals surface area contributed by atoms with Gasteiger partial charge in [0.2, 0.25) is 5.91 Å². The van der Waals surface area contributed by atoms with Gasteiger partial charge in [0.05, 0.1) is 0 Å². The molecule has 0 aromatic heterocycles. The van der Waals surface area contributed by atoms with Gasteiger partial charge in [0.1, 0.15) is 0 Å². The van der Waals surface area contributed by atoms with Gasteiger partial charge in [-0.3, -0.25) is 9.59 Å². The van der Waals surface area contributed by atoms with E-state index in [0.29, 0.717) is 22.0 Å². The summed E-state index contributed by atoms with van der Waals surface area (Å²) in [6.07, 6.45) is 0. The molecule has 0 fully saturated rings. The first-order valence-electron chi connectivity index (χ1n) is 7.64. The molecule has 0 atom stereocenters. The number of nitrogens with one attached hydrogen (secondary N) is 3. The van der Waals surface area contributed by atoms with Crippen LogP contribution in [0.15, 0.2) is 48.5 Å². The van der Waals surface area contributed by atoms with Gasteiger partial charge >= 0.3 is 0 Å². The van der Waals surface area contributed by atoms with Gasteiger partial charge in [-0.1, -0.05) is 31.5 Å². The van der Waals surface area contributed by atoms with E-state index in [2.05, 4.69) is 16.0 Å². The molecule has 0 aliphatic rings. The zero-order chi connectivity index (χ0) is 18.4. The zero-order valence-electron chi connectivity index (χ0n) is 13.8. The van der Waals surface area contributed by atoms with E-state index in [-0.39, 0.29) is 22.8 Å². The maximum atomic E-state index is 12.2. The Morgan fingerprint density at radius 3 is 2.16 bits per heavy atom. The van der Waals surface area contributed by atoms with Gasteiger partial charge in [0, 0.05) is 27.9 Å². The summed E-state index contributed by atoms with van der Waals surface area (Å²) in [6, 6.07) is 13.7. The average Bonchev–Trinajstić information content (AvgIpc) is 2.56. The number of rotatable bonds is 4. The van der Waals surface area contributed by atoms with Crippen molar-refractivity contribution in [1.82, 2.24) is 5.32 Å². The Labute approximate surface area is 156 Å². The molecular weight excluding hydrogens is 358 g/mol. The largest absolute Gasteiger partial charge is 0.332 e. The van der Waals surface area contributed by atoms with Crippen LogP contribution >= 0.6 is 23.8 Å². The van der Waals surface area contributed by atoms with Crippen molar-refractivity contribution < 1.29 is 9.59 Å². The Balaban J connectivity index is 1.94. The van der Waals surface area contributed by atoms with E-state index in [1.165, 1.54) is 0 Å². The van der Waals surface area contributed by atoms with Gasteiger partial charge in [0.25, 0.3) is 5.91 Å². The number of hydrogen-bond acceptors (Lipinski definition) is 3. The van der Waals surface area contributed by atoms with Crippen LogP contribution in [0.3, 0.4) is 0 Å². The molecule has 7 heteroatoms. The molecule has 0 spiro atoms. The predicted octanol–water partition coefficient (Wildman–Crippen LogP) is 4.06. The lowest BCUT2D eigenvalue weighted by Crippen LogP contribution is -2.36. The third kappa shape index (κ3) is 5.85. The monoisotopic (exact) mass is 375 g/mol. The molecule has 0 saturated heterocycles. The summed E-state index contributed by atoms with van der Waals surface area (Å²) in [6.45, 7) is 3.57. The van der Waals surface area contributed by atoms with Crippen molar-refractivity contribution in [1.29, 1.82) is 0 Å². The van der Waals surface area contributed by atoms with Gasteiger partial charge in [-0.15, -0.1) is 0 Å². The number of carbonyl (C=O) groups excluding carboxylic acids is 2. The van der Waals surface area contributed by atoms with Crippen molar-refractivity contribution >= 4 is 52.1 Å². The van der Waals surface area contributed by atoms with E-state index in [4.69, 9.17) is 23.8 Å². The lowest BCUT2D eigenvalue weighted by molar-refractivity contribution is -0.122. The summed E-state index contributed by atoms with van der Waals surface area (Å²) in [5.74, 6) is -0.547. The van der Waals surface area contributed by atoms with Crippen LogP contribution in [0.1, 0.15) is 24.2 Å². The van der Waals surface area contributed by atoms with Crippen LogP contribution in [0, 0.1) is 5.92 Å². The predicted molar refractivity (Wildman–Crippen MR) is 105 cm³/mol. The first kappa shape index (κ1) is 18.9. The van der Waals surface area contributed by atoms with Crippen LogP contribution < -0.4 is 16.0 Å². The average molecular weight is 376 g/mol. The SMILES string of the molecule is CC(C)C(=O)NC(=S)Nc1ccc(NC(=O)c2cccc(Cl)c2)cc1. The Morgan fingerprint density at radius 2 is 1.60 bits per heavy atom. The van der Waals surface area contributed by atoms with Crippen molar-refractivity contribution in [3.8, 4) is 0 Å². The molecule has 0 aliphatic carbocycles. The normalized spacial score (nSPS) is 10.2. The van der Waals surface area contributed by atoms with Crippen LogP contribution in [0.25, 0.3) is 0 Å². The summed E-state index contributed by atoms with van der Waals surface area (Å²) in [7, 11) is 0. The Kier molecular flexibility index (Phi) is 6.50. The molecule has 130 valence electrons. The van der Waals surface area contributed by atoms with E-state index in [9.17, 15) is 9.59 Å². The van der Waals surface area contributed by atoms with Gasteiger partial charge in [-0.2, -0.15) is 0 Å². The van der Waals surface area contributed by atoms with Crippen molar-refractivity contribution in [2.45, 2.75) is 13.8 Å². The van der Waals surface area contributed by atoms with E-state index in [0.717, 1.165) is 0 Å². The summed E-state index contributed by atoms with van der Waals surface area (Å²) in [5, 5.41) is 9.04. The molecule has 3 N–H and O–H groups in total. The molecular formula is C18H18ClN3O2S. The highest BCUT2D eigenvalue weighted by atomic mass is 35.5. The van der Waals surface area contributed by atoms with Crippen molar-refractivity contribution in [3.63, 3.8) is 0 Å². The minimum atomic E-state index is -0.247. The zero-order valence-corrected chi connectivity index (χ0v) is 15.4. The third-order valence-corrected chi connectivity index (χ3v) is 3.69. The number of benzene rings is 2. The lowest BCUT2D eigenvalue weighted by Gasteiger charge is -2.12. The van der Waals surface area contributed by atoms with E-state index >= 15 is 0 Å². The fourth-order valence-corrected chi connectivity index (χ4v) is 2.30. The molecule has 5 nitrogen and oxygen atoms in total. The number of hydrogen-bond donors (Lipinski definition) is 3. The molecule has 0 saturated carbocycles. The standard InChI is InChI=1S/C18H18ClN3O2S/c1-11(2)16(23)22-18(25)21-15-8-6-14(7-9-15)20-17(24)12-4-3-5-13(19)10-12/h3-11H,1-2H3,(H,20,24)(H2,21,22,23,25). The number of halogens is 1. The number of thiocarbonyl (C=S) groups is 1. The number of amides is 2. The van der Waals surface area contributed by atoms with Crippen molar-refractivity contribution in [3.05, 3.63) is 59.1 Å². The van der Waals surface area contributed by atoms with E-state index in [1.54, 1.807) is 62.4 Å². The second-order valence-electron chi connectivity index (χ2n) is 5.64. The van der Waals surface area contributed by atoms with Crippen molar-refractivity contribution in [2.24, 2.45) is 5.92 Å². The highest BCUT2D eigenvalue weighted by Gasteiger charge is 2.09. The van der Waals surface area contributed by atoms with E-state index in [1.807, 2.05) is 0 Å². The lowest BCUT2D eigenvalue weighted by atomic mass is 10.2. The molecule has 2 aromatic rings. The molecule has 2 rings (SSSR count). The Morgan fingerprint density at radius 1 is 1.00 bits per heavy atom. The summed E-state index contributed by atoms with van der Waals surface area (Å²) >= 11 is 11.0. The topological polar surface area (TPSA) is 70.2 Å². The minimum absolute atomic E-state index is 0.149. The maximum absolute atomic E-state index is 12.2. The first-order chi connectivity index (χ1) is 11.8. The third-order valence-electron chi connectivity index (χ3n) is 3.25. The Hall–Kier alpha value is -2.44. The molecule has 0 heterocycles. The minimum Gasteiger partial charge on any atom is -0.332 e. The number of carbonyl (C=O) groups is 2. The molecule has 2 aromatic carbocycles. The fraction of sp³-hybridized carbons (Fsp3) is 0.167. The smallest absolute Gasteiger partial charge is 0.255 e. The molecule has 0 radical (unpaired) electrons. The molecule has 25 heavy (non-hydrogen) atoms. The van der Waals surface area contributed by atoms with Crippen molar-refractivity contribution in [2.75, 3.05) is 10.6 Å². The van der Waals surface area contributed by atoms with Crippen LogP contribution in [0.2, 0.25) is 5.02 Å². The molecule has 0 unspecified atom stereocenters. The van der Waals surface area contributed by atoms with Gasteiger partial charge in [-0.05, 0) is 54.7 Å². The quantitative estimate of drug-likeness (QED) is 0.705. The van der Waals surface area contributed by atoms with Crippen LogP contribution in [0.5, 0.6) is 0 Å². The van der Waals surface area contributed by atoms with Gasteiger partial charge in [-0.25, -0.2) is 0 Å². The second kappa shape index (κ2) is 8.60. The van der Waals surface area contributed by atoms with Gasteiger partial charge in [0.15, 0.2) is 5.11 Å². The second-order valence-corrected chi connectivity index (χ2v) is 6.48. The van der Waals surface area contributed by atoms with Crippen LogP contribution in [-0.2, 0) is 4.79 Å². The first-order valence-corrected chi connectivity index (χ1v) is 8.42. The Bertz CT molecular complexity index is 791. The highest BCUT2D eigenvalue weighted by Crippen LogP contribution is 2.16. The summed E-state index contributed by atoms with van der Waals surface area (Å²) < 4.78 is 0. The van der Waals surface area contributed by atoms with Crippen LogP contribution in [0.4, 0.5) is 11.4 Å². The summed E-state index contributed by atoms with van der Waals surface area (Å²) in [4.78, 5) is 23.7. The fourth-order valence-electron chi connectivity index (χ4n) is 1.89. The molecule has 2 amide bonds.